The maximum Gasteiger partial charge on any atom is 0.374 e. The molecule has 0 radical (unpaired) electrons. The quantitative estimate of drug-likeness (QED) is 0.721. The minimum atomic E-state index is -1.16. The van der Waals surface area contributed by atoms with Gasteiger partial charge in [0.25, 0.3) is 0 Å². The maximum atomic E-state index is 10.6. The van der Waals surface area contributed by atoms with E-state index in [2.05, 4.69) is 15.2 Å². The first-order valence-electron chi connectivity index (χ1n) is 3.28. The molecule has 13 heavy (non-hydrogen) atoms. The molecule has 0 saturated heterocycles. The van der Waals surface area contributed by atoms with E-state index in [4.69, 9.17) is 16.7 Å². The average Bonchev–Trinajstić information content (AvgIpc) is 2.48. The van der Waals surface area contributed by atoms with Crippen LogP contribution in [0.25, 0.3) is 5.65 Å². The highest BCUT2D eigenvalue weighted by Gasteiger charge is 2.13. The Balaban J connectivity index is 2.83. The second-order valence-corrected chi connectivity index (χ2v) is 2.60. The van der Waals surface area contributed by atoms with Gasteiger partial charge in [0.1, 0.15) is 0 Å². The van der Waals surface area contributed by atoms with E-state index in [1.807, 2.05) is 0 Å². The summed E-state index contributed by atoms with van der Waals surface area (Å²) < 4.78 is 1.26. The minimum Gasteiger partial charge on any atom is -0.475 e. The molecule has 0 bridgehead atoms. The number of carbonyl (C=O) groups is 1. The molecule has 0 aromatic carbocycles. The fourth-order valence-electron chi connectivity index (χ4n) is 0.942. The summed E-state index contributed by atoms with van der Waals surface area (Å²) in [6.07, 6.45) is 2.82. The van der Waals surface area contributed by atoms with Crippen LogP contribution in [-0.4, -0.2) is 30.7 Å². The Bertz CT molecular complexity index is 480. The molecule has 2 heterocycles. The summed E-state index contributed by atoms with van der Waals surface area (Å²) in [5.74, 6) is -1.34. The van der Waals surface area contributed by atoms with E-state index in [0.29, 0.717) is 0 Å². The minimum absolute atomic E-state index is 0.127. The van der Waals surface area contributed by atoms with Crippen LogP contribution in [0.15, 0.2) is 12.4 Å². The molecule has 6 nitrogen and oxygen atoms in total. The highest BCUT2D eigenvalue weighted by atomic mass is 35.5. The lowest BCUT2D eigenvalue weighted by Gasteiger charge is -1.93. The molecule has 2 rings (SSSR count). The van der Waals surface area contributed by atoms with E-state index < -0.39 is 5.97 Å². The molecule has 7 heteroatoms. The van der Waals surface area contributed by atoms with Gasteiger partial charge in [-0.25, -0.2) is 9.78 Å². The van der Waals surface area contributed by atoms with E-state index in [9.17, 15) is 4.79 Å². The number of aromatic nitrogens is 4. The third kappa shape index (κ3) is 1.11. The predicted molar refractivity (Wildman–Crippen MR) is 42.8 cm³/mol. The van der Waals surface area contributed by atoms with E-state index in [0.717, 1.165) is 0 Å². The topological polar surface area (TPSA) is 80.4 Å². The zero-order valence-electron chi connectivity index (χ0n) is 6.18. The molecule has 2 aromatic rings. The van der Waals surface area contributed by atoms with Gasteiger partial charge >= 0.3 is 5.97 Å². The Morgan fingerprint density at radius 3 is 3.00 bits per heavy atom. The number of nitrogens with zero attached hydrogens (tertiary/aromatic N) is 4. The second kappa shape index (κ2) is 2.67. The Morgan fingerprint density at radius 2 is 2.31 bits per heavy atom. The smallest absolute Gasteiger partial charge is 0.374 e. The van der Waals surface area contributed by atoms with Gasteiger partial charge in [-0.15, -0.1) is 10.2 Å². The highest BCUT2D eigenvalue weighted by molar-refractivity contribution is 6.32. The first-order valence-corrected chi connectivity index (χ1v) is 3.66. The predicted octanol–water partition coefficient (Wildman–Crippen LogP) is 0.476. The molecule has 0 saturated carbocycles. The van der Waals surface area contributed by atoms with E-state index >= 15 is 0 Å². The summed E-state index contributed by atoms with van der Waals surface area (Å²) in [4.78, 5) is 14.3. The summed E-state index contributed by atoms with van der Waals surface area (Å²) in [6, 6.07) is 0. The highest BCUT2D eigenvalue weighted by Crippen LogP contribution is 2.11. The van der Waals surface area contributed by atoms with Crippen molar-refractivity contribution >= 4 is 23.2 Å². The Kier molecular flexibility index (Phi) is 1.63. The Labute approximate surface area is 76.8 Å². The molecule has 0 spiro atoms. The van der Waals surface area contributed by atoms with Gasteiger partial charge in [-0.2, -0.15) is 0 Å². The first kappa shape index (κ1) is 7.93. The van der Waals surface area contributed by atoms with Crippen LogP contribution in [0.1, 0.15) is 10.6 Å². The molecule has 0 aliphatic carbocycles. The van der Waals surface area contributed by atoms with Gasteiger partial charge in [-0.3, -0.25) is 4.40 Å². The van der Waals surface area contributed by atoms with Gasteiger partial charge in [-0.1, -0.05) is 11.6 Å². The summed E-state index contributed by atoms with van der Waals surface area (Å²) in [7, 11) is 0. The third-order valence-electron chi connectivity index (χ3n) is 1.48. The fourth-order valence-corrected chi connectivity index (χ4v) is 1.13. The van der Waals surface area contributed by atoms with Crippen LogP contribution < -0.4 is 0 Å². The Hall–Kier alpha value is -1.69. The van der Waals surface area contributed by atoms with Crippen LogP contribution in [0.3, 0.4) is 0 Å². The van der Waals surface area contributed by atoms with Crippen LogP contribution in [-0.2, 0) is 0 Å². The van der Waals surface area contributed by atoms with Crippen molar-refractivity contribution in [1.82, 2.24) is 19.6 Å². The molecule has 0 unspecified atom stereocenters. The van der Waals surface area contributed by atoms with Crippen molar-refractivity contribution in [3.63, 3.8) is 0 Å². The van der Waals surface area contributed by atoms with Gasteiger partial charge < -0.3 is 5.11 Å². The van der Waals surface area contributed by atoms with E-state index in [1.54, 1.807) is 0 Å². The molecule has 2 aromatic heterocycles. The van der Waals surface area contributed by atoms with E-state index in [1.165, 1.54) is 16.8 Å². The monoisotopic (exact) mass is 198 g/mol. The molecule has 0 aliphatic rings. The fraction of sp³-hybridized carbons (Fsp3) is 0. The van der Waals surface area contributed by atoms with Gasteiger partial charge in [0.15, 0.2) is 10.8 Å². The standard InChI is InChI=1S/C6H3ClN4O2/c7-3-4-9-10-5(6(12)13)11(4)2-1-8-3/h1-2H,(H,12,13). The number of hydrogen-bond acceptors (Lipinski definition) is 4. The number of aromatic carboxylic acids is 1. The summed E-state index contributed by atoms with van der Waals surface area (Å²) in [6.45, 7) is 0. The molecule has 0 fully saturated rings. The average molecular weight is 199 g/mol. The zero-order valence-corrected chi connectivity index (χ0v) is 6.93. The molecule has 0 atom stereocenters. The largest absolute Gasteiger partial charge is 0.475 e. The molecule has 66 valence electrons. The lowest BCUT2D eigenvalue weighted by Crippen LogP contribution is -2.03. The van der Waals surface area contributed by atoms with Gasteiger partial charge in [0.05, 0.1) is 0 Å². The van der Waals surface area contributed by atoms with Crippen molar-refractivity contribution in [2.24, 2.45) is 0 Å². The zero-order chi connectivity index (χ0) is 9.42. The van der Waals surface area contributed by atoms with Crippen molar-refractivity contribution < 1.29 is 9.90 Å². The van der Waals surface area contributed by atoms with Crippen LogP contribution in [0.5, 0.6) is 0 Å². The summed E-state index contributed by atoms with van der Waals surface area (Å²) in [5, 5.41) is 15.8. The molecule has 0 aliphatic heterocycles. The van der Waals surface area contributed by atoms with Crippen molar-refractivity contribution in [3.8, 4) is 0 Å². The van der Waals surface area contributed by atoms with Crippen LogP contribution in [0, 0.1) is 0 Å². The molecular formula is C6H3ClN4O2. The molecule has 0 amide bonds. The van der Waals surface area contributed by atoms with E-state index in [-0.39, 0.29) is 16.6 Å². The SMILES string of the molecule is O=C(O)c1nnc2c(Cl)nccn12. The second-order valence-electron chi connectivity index (χ2n) is 2.24. The van der Waals surface area contributed by atoms with Crippen molar-refractivity contribution in [1.29, 1.82) is 0 Å². The number of halogens is 1. The normalized spacial score (nSPS) is 10.5. The van der Waals surface area contributed by atoms with Crippen LogP contribution in [0.2, 0.25) is 5.15 Å². The van der Waals surface area contributed by atoms with Crippen LogP contribution in [0.4, 0.5) is 0 Å². The van der Waals surface area contributed by atoms with Gasteiger partial charge in [-0.05, 0) is 0 Å². The first-order chi connectivity index (χ1) is 6.20. The number of hydrogen-bond donors (Lipinski definition) is 1. The maximum absolute atomic E-state index is 10.6. The lowest BCUT2D eigenvalue weighted by molar-refractivity contribution is 0.0682. The lowest BCUT2D eigenvalue weighted by atomic mass is 10.6. The molecule has 1 N–H and O–H groups in total. The number of fused-ring (bicyclic) bond motifs is 1. The van der Waals surface area contributed by atoms with Crippen molar-refractivity contribution in [2.75, 3.05) is 0 Å². The summed E-state index contributed by atoms with van der Waals surface area (Å²) >= 11 is 5.65. The van der Waals surface area contributed by atoms with Crippen LogP contribution >= 0.6 is 11.6 Å². The summed E-state index contributed by atoms with van der Waals surface area (Å²) in [5.41, 5.74) is 0.238. The Morgan fingerprint density at radius 1 is 1.54 bits per heavy atom. The number of rotatable bonds is 1. The van der Waals surface area contributed by atoms with Gasteiger partial charge in [0, 0.05) is 12.4 Å². The van der Waals surface area contributed by atoms with Crippen molar-refractivity contribution in [3.05, 3.63) is 23.4 Å². The third-order valence-corrected chi connectivity index (χ3v) is 1.74. The molecular weight excluding hydrogens is 196 g/mol. The number of carboxylic acids is 1. The van der Waals surface area contributed by atoms with Gasteiger partial charge in [0.2, 0.25) is 5.82 Å². The van der Waals surface area contributed by atoms with Crippen molar-refractivity contribution in [2.45, 2.75) is 0 Å². The number of carboxylic acid groups (broad SMARTS) is 1.